The number of hydrogen-bond acceptors (Lipinski definition) is 2. The largest absolute Gasteiger partial charge is 0.316 e. The van der Waals surface area contributed by atoms with E-state index in [1.54, 1.807) is 0 Å². The molecule has 1 fully saturated rings. The van der Waals surface area contributed by atoms with E-state index in [0.717, 1.165) is 19.0 Å². The van der Waals surface area contributed by atoms with E-state index in [1.165, 1.54) is 30.6 Å². The van der Waals surface area contributed by atoms with Gasteiger partial charge in [0, 0.05) is 19.6 Å². The highest BCUT2D eigenvalue weighted by molar-refractivity contribution is 5.27. The van der Waals surface area contributed by atoms with E-state index in [4.69, 9.17) is 0 Å². The summed E-state index contributed by atoms with van der Waals surface area (Å²) in [5.41, 5.74) is 3.36. The Morgan fingerprint density at radius 1 is 1.21 bits per heavy atom. The number of likely N-dealkylation sites (tertiary alicyclic amines) is 1. The van der Waals surface area contributed by atoms with Gasteiger partial charge in [0.05, 0.1) is 0 Å². The molecule has 0 radical (unpaired) electrons. The van der Waals surface area contributed by atoms with Crippen LogP contribution in [-0.2, 0) is 13.1 Å². The van der Waals surface area contributed by atoms with Crippen molar-refractivity contribution in [3.05, 3.63) is 35.4 Å². The molecule has 1 aromatic rings. The van der Waals surface area contributed by atoms with Gasteiger partial charge >= 0.3 is 0 Å². The van der Waals surface area contributed by atoms with Gasteiger partial charge in [-0.1, -0.05) is 45.0 Å². The summed E-state index contributed by atoms with van der Waals surface area (Å²) in [6, 6.07) is 8.81. The fraction of sp³-hybridized carbons (Fsp3) is 0.647. The molecule has 0 saturated carbocycles. The molecule has 1 heterocycles. The number of benzene rings is 1. The lowest BCUT2D eigenvalue weighted by atomic mass is 9.80. The van der Waals surface area contributed by atoms with Crippen molar-refractivity contribution in [2.75, 3.05) is 20.1 Å². The third kappa shape index (κ3) is 3.80. The van der Waals surface area contributed by atoms with E-state index in [-0.39, 0.29) is 0 Å². The van der Waals surface area contributed by atoms with Crippen molar-refractivity contribution in [2.24, 2.45) is 11.3 Å². The van der Waals surface area contributed by atoms with Crippen molar-refractivity contribution in [1.29, 1.82) is 0 Å². The van der Waals surface area contributed by atoms with Crippen LogP contribution in [-0.4, -0.2) is 25.0 Å². The minimum absolute atomic E-state index is 0.444. The molecule has 106 valence electrons. The van der Waals surface area contributed by atoms with Crippen LogP contribution < -0.4 is 5.32 Å². The maximum absolute atomic E-state index is 3.26. The Balaban J connectivity index is 1.99. The molecule has 2 heteroatoms. The standard InChI is InChI=1S/C17H28N2/c1-17(2,3)16-9-10-19(13-16)12-15-8-6-5-7-14(15)11-18-4/h5-8,16,18H,9-13H2,1-4H3. The first-order valence-corrected chi connectivity index (χ1v) is 7.44. The molecule has 1 aromatic carbocycles. The molecule has 1 N–H and O–H groups in total. The molecule has 1 aliphatic rings. The van der Waals surface area contributed by atoms with Gasteiger partial charge in [-0.3, -0.25) is 4.90 Å². The lowest BCUT2D eigenvalue weighted by Crippen LogP contribution is -2.26. The molecule has 2 rings (SSSR count). The Bertz CT molecular complexity index is 406. The molecule has 0 amide bonds. The van der Waals surface area contributed by atoms with Gasteiger partial charge in [-0.15, -0.1) is 0 Å². The van der Waals surface area contributed by atoms with Gasteiger partial charge < -0.3 is 5.32 Å². The molecule has 0 spiro atoms. The Labute approximate surface area is 118 Å². The third-order valence-electron chi connectivity index (χ3n) is 4.38. The molecule has 2 nitrogen and oxygen atoms in total. The maximum Gasteiger partial charge on any atom is 0.0237 e. The summed E-state index contributed by atoms with van der Waals surface area (Å²) in [6.07, 6.45) is 1.34. The molecule has 1 saturated heterocycles. The highest BCUT2D eigenvalue weighted by Gasteiger charge is 2.31. The lowest BCUT2D eigenvalue weighted by molar-refractivity contribution is 0.226. The number of hydrogen-bond donors (Lipinski definition) is 1. The Hall–Kier alpha value is -0.860. The topological polar surface area (TPSA) is 15.3 Å². The van der Waals surface area contributed by atoms with Crippen LogP contribution in [0.2, 0.25) is 0 Å². The summed E-state index contributed by atoms with van der Waals surface area (Å²) in [5, 5.41) is 3.26. The Morgan fingerprint density at radius 3 is 2.47 bits per heavy atom. The third-order valence-corrected chi connectivity index (χ3v) is 4.38. The highest BCUT2D eigenvalue weighted by atomic mass is 15.1. The van der Waals surface area contributed by atoms with Crippen LogP contribution in [0.4, 0.5) is 0 Å². The summed E-state index contributed by atoms with van der Waals surface area (Å²) in [5.74, 6) is 0.837. The summed E-state index contributed by atoms with van der Waals surface area (Å²) >= 11 is 0. The first-order chi connectivity index (χ1) is 9.00. The Morgan fingerprint density at radius 2 is 1.89 bits per heavy atom. The van der Waals surface area contributed by atoms with Crippen LogP contribution in [0.3, 0.4) is 0 Å². The van der Waals surface area contributed by atoms with Crippen LogP contribution in [0.25, 0.3) is 0 Å². The smallest absolute Gasteiger partial charge is 0.0237 e. The van der Waals surface area contributed by atoms with Crippen molar-refractivity contribution in [2.45, 2.75) is 40.3 Å². The fourth-order valence-electron chi connectivity index (χ4n) is 3.00. The normalized spacial score (nSPS) is 20.9. The Kier molecular flexibility index (Phi) is 4.64. The second-order valence-electron chi connectivity index (χ2n) is 6.89. The molecular formula is C17H28N2. The minimum atomic E-state index is 0.444. The van der Waals surface area contributed by atoms with Gasteiger partial charge in [0.2, 0.25) is 0 Å². The van der Waals surface area contributed by atoms with Crippen LogP contribution >= 0.6 is 0 Å². The van der Waals surface area contributed by atoms with Gasteiger partial charge in [-0.25, -0.2) is 0 Å². The van der Waals surface area contributed by atoms with Gasteiger partial charge in [0.1, 0.15) is 0 Å². The zero-order chi connectivity index (χ0) is 13.9. The van der Waals surface area contributed by atoms with E-state index in [2.05, 4.69) is 55.3 Å². The molecule has 19 heavy (non-hydrogen) atoms. The van der Waals surface area contributed by atoms with Crippen molar-refractivity contribution in [3.8, 4) is 0 Å². The summed E-state index contributed by atoms with van der Waals surface area (Å²) in [4.78, 5) is 2.62. The molecule has 1 unspecified atom stereocenters. The lowest BCUT2D eigenvalue weighted by Gasteiger charge is -2.27. The fourth-order valence-corrected chi connectivity index (χ4v) is 3.00. The molecule has 0 aliphatic carbocycles. The van der Waals surface area contributed by atoms with E-state index in [1.807, 2.05) is 7.05 Å². The first-order valence-electron chi connectivity index (χ1n) is 7.44. The monoisotopic (exact) mass is 260 g/mol. The predicted molar refractivity (Wildman–Crippen MR) is 82.0 cm³/mol. The maximum atomic E-state index is 3.26. The second kappa shape index (κ2) is 6.06. The minimum Gasteiger partial charge on any atom is -0.316 e. The van der Waals surface area contributed by atoms with Crippen molar-refractivity contribution >= 4 is 0 Å². The molecule has 0 bridgehead atoms. The van der Waals surface area contributed by atoms with Crippen molar-refractivity contribution < 1.29 is 0 Å². The van der Waals surface area contributed by atoms with E-state index in [0.29, 0.717) is 5.41 Å². The zero-order valence-electron chi connectivity index (χ0n) is 12.9. The summed E-state index contributed by atoms with van der Waals surface area (Å²) in [6.45, 7) is 11.7. The van der Waals surface area contributed by atoms with Crippen LogP contribution in [0.5, 0.6) is 0 Å². The second-order valence-corrected chi connectivity index (χ2v) is 6.89. The van der Waals surface area contributed by atoms with Gasteiger partial charge in [0.25, 0.3) is 0 Å². The average molecular weight is 260 g/mol. The van der Waals surface area contributed by atoms with E-state index in [9.17, 15) is 0 Å². The first kappa shape index (κ1) is 14.5. The summed E-state index contributed by atoms with van der Waals surface area (Å²) < 4.78 is 0. The molecule has 1 aliphatic heterocycles. The van der Waals surface area contributed by atoms with E-state index >= 15 is 0 Å². The predicted octanol–water partition coefficient (Wildman–Crippen LogP) is 3.27. The highest BCUT2D eigenvalue weighted by Crippen LogP contribution is 2.34. The number of nitrogens with zero attached hydrogens (tertiary/aromatic N) is 1. The zero-order valence-corrected chi connectivity index (χ0v) is 12.9. The van der Waals surface area contributed by atoms with Gasteiger partial charge in [-0.2, -0.15) is 0 Å². The van der Waals surface area contributed by atoms with Crippen LogP contribution in [0.15, 0.2) is 24.3 Å². The van der Waals surface area contributed by atoms with Crippen LogP contribution in [0, 0.1) is 11.3 Å². The van der Waals surface area contributed by atoms with Crippen molar-refractivity contribution in [3.63, 3.8) is 0 Å². The SMILES string of the molecule is CNCc1ccccc1CN1CCC(C(C)(C)C)C1. The summed E-state index contributed by atoms with van der Waals surface area (Å²) in [7, 11) is 2.02. The molecular weight excluding hydrogens is 232 g/mol. The van der Waals surface area contributed by atoms with Gasteiger partial charge in [-0.05, 0) is 42.5 Å². The average Bonchev–Trinajstić information content (AvgIpc) is 2.80. The molecule has 1 atom stereocenters. The number of rotatable bonds is 4. The van der Waals surface area contributed by atoms with E-state index < -0.39 is 0 Å². The molecule has 0 aromatic heterocycles. The number of nitrogens with one attached hydrogen (secondary N) is 1. The van der Waals surface area contributed by atoms with Crippen molar-refractivity contribution in [1.82, 2.24) is 10.2 Å². The van der Waals surface area contributed by atoms with Crippen LogP contribution in [0.1, 0.15) is 38.3 Å². The quantitative estimate of drug-likeness (QED) is 0.894. The van der Waals surface area contributed by atoms with Gasteiger partial charge in [0.15, 0.2) is 0 Å².